The Labute approximate surface area is 118 Å². The lowest BCUT2D eigenvalue weighted by atomic mass is 9.97. The third kappa shape index (κ3) is 3.73. The lowest BCUT2D eigenvalue weighted by Crippen LogP contribution is -2.40. The maximum absolute atomic E-state index is 11.9. The number of amides is 1. The van der Waals surface area contributed by atoms with Gasteiger partial charge in [0.25, 0.3) is 0 Å². The van der Waals surface area contributed by atoms with Crippen LogP contribution in [0.4, 0.5) is 4.79 Å². The predicted octanol–water partition coefficient (Wildman–Crippen LogP) is 2.43. The Morgan fingerprint density at radius 3 is 2.65 bits per heavy atom. The molecule has 1 aromatic rings. The van der Waals surface area contributed by atoms with Crippen molar-refractivity contribution in [3.05, 3.63) is 35.4 Å². The Balaban J connectivity index is 1.80. The molecular formula is C15H19NO4. The van der Waals surface area contributed by atoms with Crippen LogP contribution in [0.3, 0.4) is 0 Å². The van der Waals surface area contributed by atoms with Crippen molar-refractivity contribution in [3.63, 3.8) is 0 Å². The molecule has 1 heterocycles. The summed E-state index contributed by atoms with van der Waals surface area (Å²) in [6.45, 7) is 3.13. The lowest BCUT2D eigenvalue weighted by molar-refractivity contribution is -0.143. The van der Waals surface area contributed by atoms with E-state index in [4.69, 9.17) is 9.84 Å². The van der Waals surface area contributed by atoms with Gasteiger partial charge in [-0.3, -0.25) is 4.79 Å². The molecule has 108 valence electrons. The van der Waals surface area contributed by atoms with Gasteiger partial charge >= 0.3 is 12.1 Å². The molecule has 0 spiro atoms. The van der Waals surface area contributed by atoms with Crippen molar-refractivity contribution in [3.8, 4) is 0 Å². The molecule has 1 N–H and O–H groups in total. The van der Waals surface area contributed by atoms with Crippen molar-refractivity contribution in [2.75, 3.05) is 13.1 Å². The molecule has 1 aromatic carbocycles. The number of hydrogen-bond donors (Lipinski definition) is 1. The fourth-order valence-corrected chi connectivity index (χ4v) is 2.35. The van der Waals surface area contributed by atoms with Crippen LogP contribution in [0, 0.1) is 12.8 Å². The van der Waals surface area contributed by atoms with Gasteiger partial charge in [0.2, 0.25) is 0 Å². The van der Waals surface area contributed by atoms with Crippen LogP contribution in [0.15, 0.2) is 24.3 Å². The van der Waals surface area contributed by atoms with Crippen LogP contribution >= 0.6 is 0 Å². The quantitative estimate of drug-likeness (QED) is 0.921. The molecule has 2 rings (SSSR count). The average Bonchev–Trinajstić information content (AvgIpc) is 2.45. The molecule has 0 saturated carbocycles. The van der Waals surface area contributed by atoms with Crippen LogP contribution in [0.25, 0.3) is 0 Å². The van der Waals surface area contributed by atoms with Gasteiger partial charge in [0.05, 0.1) is 5.92 Å². The molecule has 1 amide bonds. The average molecular weight is 277 g/mol. The van der Waals surface area contributed by atoms with Crippen LogP contribution < -0.4 is 0 Å². The predicted molar refractivity (Wildman–Crippen MR) is 73.3 cm³/mol. The molecule has 1 aliphatic rings. The first-order valence-corrected chi connectivity index (χ1v) is 6.76. The monoisotopic (exact) mass is 277 g/mol. The van der Waals surface area contributed by atoms with E-state index in [1.54, 1.807) is 4.90 Å². The fraction of sp³-hybridized carbons (Fsp3) is 0.467. The van der Waals surface area contributed by atoms with Crippen LogP contribution in [-0.2, 0) is 16.1 Å². The minimum atomic E-state index is -0.780. The highest BCUT2D eigenvalue weighted by Crippen LogP contribution is 2.18. The molecule has 1 fully saturated rings. The molecule has 0 unspecified atom stereocenters. The summed E-state index contributed by atoms with van der Waals surface area (Å²) in [5, 5.41) is 8.91. The summed E-state index contributed by atoms with van der Waals surface area (Å²) in [6, 6.07) is 7.81. The van der Waals surface area contributed by atoms with Gasteiger partial charge in [-0.25, -0.2) is 4.79 Å². The number of carbonyl (C=O) groups is 2. The number of piperidine rings is 1. The van der Waals surface area contributed by atoms with Crippen molar-refractivity contribution in [2.45, 2.75) is 26.4 Å². The zero-order valence-electron chi connectivity index (χ0n) is 11.5. The van der Waals surface area contributed by atoms with Crippen molar-refractivity contribution in [1.29, 1.82) is 0 Å². The van der Waals surface area contributed by atoms with Gasteiger partial charge < -0.3 is 14.7 Å². The van der Waals surface area contributed by atoms with Crippen LogP contribution in [0.5, 0.6) is 0 Å². The van der Waals surface area contributed by atoms with E-state index in [1.807, 2.05) is 31.2 Å². The number of benzene rings is 1. The summed E-state index contributed by atoms with van der Waals surface area (Å²) in [6.07, 6.45) is 0.624. The first kappa shape index (κ1) is 14.4. The highest BCUT2D eigenvalue weighted by molar-refractivity contribution is 5.71. The topological polar surface area (TPSA) is 66.8 Å². The second-order valence-corrected chi connectivity index (χ2v) is 5.14. The van der Waals surface area contributed by atoms with Gasteiger partial charge in [0.15, 0.2) is 0 Å². The highest BCUT2D eigenvalue weighted by Gasteiger charge is 2.27. The first-order valence-electron chi connectivity index (χ1n) is 6.76. The van der Waals surface area contributed by atoms with E-state index in [2.05, 4.69) is 0 Å². The van der Waals surface area contributed by atoms with E-state index in [1.165, 1.54) is 0 Å². The van der Waals surface area contributed by atoms with Crippen molar-refractivity contribution in [2.24, 2.45) is 5.92 Å². The Bertz CT molecular complexity index is 492. The van der Waals surface area contributed by atoms with Gasteiger partial charge in [0.1, 0.15) is 6.61 Å². The third-order valence-corrected chi connectivity index (χ3v) is 3.55. The number of likely N-dealkylation sites (tertiary alicyclic amines) is 1. The lowest BCUT2D eigenvalue weighted by Gasteiger charge is -2.29. The SMILES string of the molecule is Cc1cccc(COC(=O)N2CCC(C(=O)O)CC2)c1. The Kier molecular flexibility index (Phi) is 4.61. The van der Waals surface area contributed by atoms with Crippen molar-refractivity contribution < 1.29 is 19.4 Å². The van der Waals surface area contributed by atoms with Crippen molar-refractivity contribution in [1.82, 2.24) is 4.90 Å². The third-order valence-electron chi connectivity index (χ3n) is 3.55. The van der Waals surface area contributed by atoms with E-state index >= 15 is 0 Å². The summed E-state index contributed by atoms with van der Waals surface area (Å²) in [4.78, 5) is 24.3. The number of hydrogen-bond acceptors (Lipinski definition) is 3. The van der Waals surface area contributed by atoms with Crippen LogP contribution in [0.2, 0.25) is 0 Å². The van der Waals surface area contributed by atoms with E-state index < -0.39 is 5.97 Å². The van der Waals surface area contributed by atoms with Gasteiger partial charge in [-0.05, 0) is 25.3 Å². The minimum absolute atomic E-state index is 0.249. The summed E-state index contributed by atoms with van der Waals surface area (Å²) >= 11 is 0. The molecule has 0 bridgehead atoms. The van der Waals surface area contributed by atoms with Gasteiger partial charge in [-0.15, -0.1) is 0 Å². The molecule has 5 heteroatoms. The second kappa shape index (κ2) is 6.41. The van der Waals surface area contributed by atoms with Gasteiger partial charge in [-0.1, -0.05) is 29.8 Å². The standard InChI is InChI=1S/C15H19NO4/c1-11-3-2-4-12(9-11)10-20-15(19)16-7-5-13(6-8-16)14(17)18/h2-4,9,13H,5-8,10H2,1H3,(H,17,18). The molecule has 0 radical (unpaired) electrons. The minimum Gasteiger partial charge on any atom is -0.481 e. The maximum Gasteiger partial charge on any atom is 0.410 e. The van der Waals surface area contributed by atoms with E-state index in [0.29, 0.717) is 25.9 Å². The van der Waals surface area contributed by atoms with Gasteiger partial charge in [-0.2, -0.15) is 0 Å². The van der Waals surface area contributed by atoms with E-state index in [9.17, 15) is 9.59 Å². The molecule has 0 aliphatic carbocycles. The molecule has 20 heavy (non-hydrogen) atoms. The molecule has 0 aromatic heterocycles. The van der Waals surface area contributed by atoms with Crippen LogP contribution in [-0.4, -0.2) is 35.2 Å². The molecule has 0 atom stereocenters. The van der Waals surface area contributed by atoms with Crippen molar-refractivity contribution >= 4 is 12.1 Å². The summed E-state index contributed by atoms with van der Waals surface area (Å²) in [5.74, 6) is -1.12. The summed E-state index contributed by atoms with van der Waals surface area (Å²) in [7, 11) is 0. The molecular weight excluding hydrogens is 258 g/mol. The summed E-state index contributed by atoms with van der Waals surface area (Å²) in [5.41, 5.74) is 2.08. The first-order chi connectivity index (χ1) is 9.56. The van der Waals surface area contributed by atoms with E-state index in [0.717, 1.165) is 11.1 Å². The molecule has 1 aliphatic heterocycles. The van der Waals surface area contributed by atoms with Gasteiger partial charge in [0, 0.05) is 13.1 Å². The number of aryl methyl sites for hydroxylation is 1. The zero-order valence-corrected chi connectivity index (χ0v) is 11.5. The number of aliphatic carboxylic acids is 1. The Morgan fingerprint density at radius 2 is 2.05 bits per heavy atom. The maximum atomic E-state index is 11.9. The second-order valence-electron chi connectivity index (χ2n) is 5.14. The van der Waals surface area contributed by atoms with Crippen LogP contribution in [0.1, 0.15) is 24.0 Å². The number of carboxylic acid groups (broad SMARTS) is 1. The fourth-order valence-electron chi connectivity index (χ4n) is 2.35. The normalized spacial score (nSPS) is 15.9. The Morgan fingerprint density at radius 1 is 1.35 bits per heavy atom. The smallest absolute Gasteiger partial charge is 0.410 e. The Hall–Kier alpha value is -2.04. The van der Waals surface area contributed by atoms with E-state index in [-0.39, 0.29) is 18.6 Å². The number of nitrogens with zero attached hydrogens (tertiary/aromatic N) is 1. The number of carboxylic acids is 1. The number of carbonyl (C=O) groups excluding carboxylic acids is 1. The summed E-state index contributed by atoms with van der Waals surface area (Å²) < 4.78 is 5.26. The molecule has 1 saturated heterocycles. The number of rotatable bonds is 3. The zero-order chi connectivity index (χ0) is 14.5. The molecule has 5 nitrogen and oxygen atoms in total. The largest absolute Gasteiger partial charge is 0.481 e. The highest BCUT2D eigenvalue weighted by atomic mass is 16.6. The number of ether oxygens (including phenoxy) is 1.